The fraction of sp³-hybridized carbons (Fsp3) is 0.667. The van der Waals surface area contributed by atoms with E-state index in [0.29, 0.717) is 11.8 Å². The summed E-state index contributed by atoms with van der Waals surface area (Å²) >= 11 is 0. The van der Waals surface area contributed by atoms with Gasteiger partial charge in [-0.1, -0.05) is 0 Å². The zero-order valence-corrected chi connectivity index (χ0v) is 6.06. The Labute approximate surface area is 63.8 Å². The van der Waals surface area contributed by atoms with Crippen LogP contribution >= 0.6 is 0 Å². The number of nitrogens with zero attached hydrogens (tertiary/aromatic N) is 3. The van der Waals surface area contributed by atoms with Crippen LogP contribution < -0.4 is 5.73 Å². The van der Waals surface area contributed by atoms with E-state index in [-0.39, 0.29) is 0 Å². The second-order valence-electron chi connectivity index (χ2n) is 2.73. The Balaban J connectivity index is 2.46. The first-order valence-electron chi connectivity index (χ1n) is 3.65. The van der Waals surface area contributed by atoms with Crippen molar-refractivity contribution in [1.82, 2.24) is 14.8 Å². The topological polar surface area (TPSA) is 77.0 Å². The highest BCUT2D eigenvalue weighted by Gasteiger charge is 2.21. The standard InChI is InChI=1S/C6H10N4O/c7-6-9-8-5-4(11)2-1-3-10(5)6/h4,11H,1-3H2,(H2,7,9). The Bertz CT molecular complexity index is 270. The van der Waals surface area contributed by atoms with Crippen molar-refractivity contribution in [1.29, 1.82) is 0 Å². The van der Waals surface area contributed by atoms with Gasteiger partial charge >= 0.3 is 0 Å². The molecule has 2 heterocycles. The van der Waals surface area contributed by atoms with Gasteiger partial charge in [0.1, 0.15) is 6.10 Å². The number of hydrogen-bond donors (Lipinski definition) is 2. The highest BCUT2D eigenvalue weighted by molar-refractivity contribution is 5.19. The lowest BCUT2D eigenvalue weighted by molar-refractivity contribution is 0.134. The molecule has 0 saturated carbocycles. The number of aliphatic hydroxyl groups excluding tert-OH is 1. The summed E-state index contributed by atoms with van der Waals surface area (Å²) in [5.41, 5.74) is 5.50. The Morgan fingerprint density at radius 3 is 3.09 bits per heavy atom. The maximum Gasteiger partial charge on any atom is 0.222 e. The van der Waals surface area contributed by atoms with E-state index >= 15 is 0 Å². The molecule has 1 aliphatic rings. The van der Waals surface area contributed by atoms with Crippen LogP contribution in [0, 0.1) is 0 Å². The number of fused-ring (bicyclic) bond motifs is 1. The van der Waals surface area contributed by atoms with Gasteiger partial charge in [-0.25, -0.2) is 0 Å². The molecule has 0 radical (unpaired) electrons. The number of rotatable bonds is 0. The van der Waals surface area contributed by atoms with Gasteiger partial charge in [0.2, 0.25) is 5.95 Å². The Hall–Kier alpha value is -1.10. The Morgan fingerprint density at radius 2 is 2.36 bits per heavy atom. The molecule has 1 aromatic heterocycles. The molecule has 0 bridgehead atoms. The fourth-order valence-electron chi connectivity index (χ4n) is 1.38. The number of nitrogen functional groups attached to an aromatic ring is 1. The van der Waals surface area contributed by atoms with E-state index in [1.807, 2.05) is 0 Å². The predicted molar refractivity (Wildman–Crippen MR) is 38.6 cm³/mol. The summed E-state index contributed by atoms with van der Waals surface area (Å²) in [6.45, 7) is 0.825. The third-order valence-corrected chi connectivity index (χ3v) is 1.97. The second-order valence-corrected chi connectivity index (χ2v) is 2.73. The van der Waals surface area contributed by atoms with Gasteiger partial charge in [-0.05, 0) is 12.8 Å². The fourth-order valence-corrected chi connectivity index (χ4v) is 1.38. The molecule has 1 aromatic rings. The molecule has 0 aliphatic carbocycles. The largest absolute Gasteiger partial charge is 0.385 e. The molecular weight excluding hydrogens is 144 g/mol. The smallest absolute Gasteiger partial charge is 0.222 e. The number of hydrogen-bond acceptors (Lipinski definition) is 4. The second kappa shape index (κ2) is 2.20. The molecule has 3 N–H and O–H groups in total. The molecule has 0 aromatic carbocycles. The van der Waals surface area contributed by atoms with Crippen molar-refractivity contribution in [3.63, 3.8) is 0 Å². The third kappa shape index (κ3) is 0.883. The summed E-state index contributed by atoms with van der Waals surface area (Å²) in [5, 5.41) is 16.9. The van der Waals surface area contributed by atoms with Crippen LogP contribution in [0.15, 0.2) is 0 Å². The minimum Gasteiger partial charge on any atom is -0.385 e. The molecule has 1 unspecified atom stereocenters. The van der Waals surface area contributed by atoms with Gasteiger partial charge in [0.15, 0.2) is 5.82 Å². The molecule has 11 heavy (non-hydrogen) atoms. The van der Waals surface area contributed by atoms with Crippen molar-refractivity contribution in [2.24, 2.45) is 0 Å². The first kappa shape index (κ1) is 6.60. The monoisotopic (exact) mass is 154 g/mol. The molecule has 0 saturated heterocycles. The Kier molecular flexibility index (Phi) is 1.32. The van der Waals surface area contributed by atoms with E-state index in [9.17, 15) is 5.11 Å². The summed E-state index contributed by atoms with van der Waals surface area (Å²) in [6, 6.07) is 0. The maximum absolute atomic E-state index is 9.40. The van der Waals surface area contributed by atoms with E-state index < -0.39 is 6.10 Å². The van der Waals surface area contributed by atoms with Crippen LogP contribution in [-0.2, 0) is 6.54 Å². The van der Waals surface area contributed by atoms with Crippen LogP contribution in [0.5, 0.6) is 0 Å². The van der Waals surface area contributed by atoms with Crippen LogP contribution in [0.4, 0.5) is 5.95 Å². The molecule has 1 aliphatic heterocycles. The van der Waals surface area contributed by atoms with Crippen molar-refractivity contribution in [3.8, 4) is 0 Å². The van der Waals surface area contributed by atoms with Crippen LogP contribution in [0.1, 0.15) is 24.8 Å². The van der Waals surface area contributed by atoms with Crippen LogP contribution in [0.2, 0.25) is 0 Å². The van der Waals surface area contributed by atoms with Gasteiger partial charge < -0.3 is 10.8 Å². The lowest BCUT2D eigenvalue weighted by atomic mass is 10.1. The lowest BCUT2D eigenvalue weighted by Crippen LogP contribution is -2.16. The number of aromatic nitrogens is 3. The van der Waals surface area contributed by atoms with Crippen LogP contribution in [0.25, 0.3) is 0 Å². The molecule has 1 atom stereocenters. The molecule has 2 rings (SSSR count). The van der Waals surface area contributed by atoms with E-state index in [4.69, 9.17) is 5.73 Å². The number of anilines is 1. The van der Waals surface area contributed by atoms with Crippen LogP contribution in [0.3, 0.4) is 0 Å². The summed E-state index contributed by atoms with van der Waals surface area (Å²) in [6.07, 6.45) is 1.22. The van der Waals surface area contributed by atoms with E-state index in [0.717, 1.165) is 19.4 Å². The van der Waals surface area contributed by atoms with Gasteiger partial charge in [0.05, 0.1) is 0 Å². The predicted octanol–water partition coefficient (Wildman–Crippen LogP) is -0.313. The average Bonchev–Trinajstić information content (AvgIpc) is 2.35. The SMILES string of the molecule is Nc1nnc2n1CCCC2O. The lowest BCUT2D eigenvalue weighted by Gasteiger charge is -2.17. The van der Waals surface area contributed by atoms with Crippen molar-refractivity contribution < 1.29 is 5.11 Å². The zero-order valence-electron chi connectivity index (χ0n) is 6.06. The summed E-state index contributed by atoms with van der Waals surface area (Å²) < 4.78 is 1.76. The van der Waals surface area contributed by atoms with Gasteiger partial charge in [0.25, 0.3) is 0 Å². The van der Waals surface area contributed by atoms with Crippen molar-refractivity contribution in [2.75, 3.05) is 5.73 Å². The highest BCUT2D eigenvalue weighted by atomic mass is 16.3. The Morgan fingerprint density at radius 1 is 1.55 bits per heavy atom. The third-order valence-electron chi connectivity index (χ3n) is 1.97. The number of nitrogens with two attached hydrogens (primary N) is 1. The van der Waals surface area contributed by atoms with Crippen molar-refractivity contribution in [2.45, 2.75) is 25.5 Å². The molecule has 5 heteroatoms. The van der Waals surface area contributed by atoms with Crippen LogP contribution in [-0.4, -0.2) is 19.9 Å². The van der Waals surface area contributed by atoms with Gasteiger partial charge in [-0.2, -0.15) is 0 Å². The summed E-state index contributed by atoms with van der Waals surface area (Å²) in [7, 11) is 0. The maximum atomic E-state index is 9.40. The van der Waals surface area contributed by atoms with Crippen molar-refractivity contribution >= 4 is 5.95 Å². The van der Waals surface area contributed by atoms with Gasteiger partial charge in [-0.15, -0.1) is 10.2 Å². The van der Waals surface area contributed by atoms with E-state index in [1.165, 1.54) is 0 Å². The number of aliphatic hydroxyl groups is 1. The molecular formula is C6H10N4O. The molecule has 0 amide bonds. The minimum absolute atomic E-state index is 0.402. The van der Waals surface area contributed by atoms with Gasteiger partial charge in [0, 0.05) is 6.54 Å². The summed E-state index contributed by atoms with van der Waals surface area (Å²) in [4.78, 5) is 0. The average molecular weight is 154 g/mol. The highest BCUT2D eigenvalue weighted by Crippen LogP contribution is 2.23. The zero-order chi connectivity index (χ0) is 7.84. The van der Waals surface area contributed by atoms with E-state index in [2.05, 4.69) is 10.2 Å². The molecule has 0 spiro atoms. The van der Waals surface area contributed by atoms with E-state index in [1.54, 1.807) is 4.57 Å². The quantitative estimate of drug-likeness (QED) is 0.537. The first-order valence-corrected chi connectivity index (χ1v) is 3.65. The minimum atomic E-state index is -0.478. The molecule has 5 nitrogen and oxygen atoms in total. The molecule has 60 valence electrons. The first-order chi connectivity index (χ1) is 5.29. The van der Waals surface area contributed by atoms with Gasteiger partial charge in [-0.3, -0.25) is 4.57 Å². The summed E-state index contributed by atoms with van der Waals surface area (Å²) in [5.74, 6) is 1.01. The normalized spacial score (nSPS) is 23.2. The van der Waals surface area contributed by atoms with Crippen molar-refractivity contribution in [3.05, 3.63) is 5.82 Å². The molecule has 0 fully saturated rings.